The average molecular weight is 217 g/mol. The fourth-order valence-corrected chi connectivity index (χ4v) is 2.80. The number of benzene rings is 1. The number of carbonyl (C=O) groups excluding carboxylic acids is 1. The summed E-state index contributed by atoms with van der Waals surface area (Å²) in [4.78, 5) is 13.6. The summed E-state index contributed by atoms with van der Waals surface area (Å²) in [5.41, 5.74) is 2.73. The number of fused-ring (bicyclic) bond motifs is 1. The van der Waals surface area contributed by atoms with Gasteiger partial charge in [-0.15, -0.1) is 0 Å². The summed E-state index contributed by atoms with van der Waals surface area (Å²) in [5.74, 6) is 0.661. The van der Waals surface area contributed by atoms with E-state index in [1.807, 2.05) is 4.90 Å². The maximum absolute atomic E-state index is 11.6. The van der Waals surface area contributed by atoms with E-state index in [9.17, 15) is 4.79 Å². The van der Waals surface area contributed by atoms with Crippen LogP contribution in [-0.4, -0.2) is 16.8 Å². The Morgan fingerprint density at radius 3 is 2.75 bits per heavy atom. The van der Waals surface area contributed by atoms with E-state index in [1.165, 1.54) is 11.1 Å². The Bertz CT molecular complexity index is 399. The van der Waals surface area contributed by atoms with Crippen LogP contribution in [0.2, 0.25) is 0 Å². The molecule has 1 heterocycles. The van der Waals surface area contributed by atoms with Gasteiger partial charge in [0.05, 0.1) is 0 Å². The van der Waals surface area contributed by atoms with Gasteiger partial charge in [0.15, 0.2) is 0 Å². The molecule has 0 aliphatic carbocycles. The van der Waals surface area contributed by atoms with Gasteiger partial charge in [0.1, 0.15) is 0 Å². The van der Waals surface area contributed by atoms with E-state index in [0.717, 1.165) is 13.0 Å². The average Bonchev–Trinajstić information content (AvgIpc) is 2.28. The van der Waals surface area contributed by atoms with Crippen LogP contribution in [0.3, 0.4) is 0 Å². The summed E-state index contributed by atoms with van der Waals surface area (Å²) >= 11 is 0. The molecule has 2 heteroatoms. The molecule has 2 rings (SSSR count). The van der Waals surface area contributed by atoms with E-state index in [4.69, 9.17) is 0 Å². The van der Waals surface area contributed by atoms with E-state index >= 15 is 0 Å². The van der Waals surface area contributed by atoms with Gasteiger partial charge in [-0.05, 0) is 24.5 Å². The smallest absolute Gasteiger partial charge is 0.220 e. The molecule has 2 nitrogen and oxygen atoms in total. The van der Waals surface area contributed by atoms with Gasteiger partial charge in [-0.1, -0.05) is 31.2 Å². The van der Waals surface area contributed by atoms with Crippen molar-refractivity contribution in [2.45, 2.75) is 45.7 Å². The van der Waals surface area contributed by atoms with Crippen LogP contribution in [0.25, 0.3) is 0 Å². The van der Waals surface area contributed by atoms with E-state index < -0.39 is 0 Å². The molecule has 16 heavy (non-hydrogen) atoms. The molecule has 0 bridgehead atoms. The number of rotatable bonds is 1. The Morgan fingerprint density at radius 2 is 2.12 bits per heavy atom. The Morgan fingerprint density at radius 1 is 1.44 bits per heavy atom. The van der Waals surface area contributed by atoms with Gasteiger partial charge in [-0.2, -0.15) is 0 Å². The highest BCUT2D eigenvalue weighted by molar-refractivity contribution is 5.74. The highest BCUT2D eigenvalue weighted by Crippen LogP contribution is 2.35. The van der Waals surface area contributed by atoms with Gasteiger partial charge < -0.3 is 4.90 Å². The molecule has 1 amide bonds. The van der Waals surface area contributed by atoms with Crippen molar-refractivity contribution in [3.63, 3.8) is 0 Å². The first-order valence-electron chi connectivity index (χ1n) is 6.00. The molecule has 1 aliphatic heterocycles. The zero-order valence-electron chi connectivity index (χ0n) is 10.2. The SMILES string of the molecule is CCC1c2ccccc2CN(C(C)=O)C1C. The lowest BCUT2D eigenvalue weighted by molar-refractivity contribution is -0.132. The molecule has 2 unspecified atom stereocenters. The van der Waals surface area contributed by atoms with Crippen LogP contribution in [0.4, 0.5) is 0 Å². The second-order valence-electron chi connectivity index (χ2n) is 4.60. The van der Waals surface area contributed by atoms with Crippen LogP contribution in [-0.2, 0) is 11.3 Å². The number of hydrogen-bond acceptors (Lipinski definition) is 1. The van der Waals surface area contributed by atoms with Crippen molar-refractivity contribution in [3.8, 4) is 0 Å². The van der Waals surface area contributed by atoms with Crippen molar-refractivity contribution in [2.75, 3.05) is 0 Å². The van der Waals surface area contributed by atoms with Crippen molar-refractivity contribution in [1.82, 2.24) is 4.90 Å². The molecule has 0 aromatic heterocycles. The molecule has 1 aromatic carbocycles. The van der Waals surface area contributed by atoms with Crippen LogP contribution in [0.5, 0.6) is 0 Å². The lowest BCUT2D eigenvalue weighted by atomic mass is 9.82. The number of hydrogen-bond donors (Lipinski definition) is 0. The van der Waals surface area contributed by atoms with Crippen LogP contribution in [0, 0.1) is 0 Å². The number of carbonyl (C=O) groups is 1. The van der Waals surface area contributed by atoms with Gasteiger partial charge in [-0.3, -0.25) is 4.79 Å². The first-order chi connectivity index (χ1) is 7.65. The van der Waals surface area contributed by atoms with Crippen molar-refractivity contribution in [3.05, 3.63) is 35.4 Å². The van der Waals surface area contributed by atoms with Gasteiger partial charge in [0.2, 0.25) is 5.91 Å². The van der Waals surface area contributed by atoms with Crippen LogP contribution >= 0.6 is 0 Å². The monoisotopic (exact) mass is 217 g/mol. The second-order valence-corrected chi connectivity index (χ2v) is 4.60. The molecule has 1 aliphatic rings. The standard InChI is InChI=1S/C14H19NO/c1-4-13-10(2)15(11(3)16)9-12-7-5-6-8-14(12)13/h5-8,10,13H,4,9H2,1-3H3. The highest BCUT2D eigenvalue weighted by atomic mass is 16.2. The van der Waals surface area contributed by atoms with Gasteiger partial charge >= 0.3 is 0 Å². The Kier molecular flexibility index (Phi) is 2.99. The third kappa shape index (κ3) is 1.73. The van der Waals surface area contributed by atoms with Crippen LogP contribution in [0.15, 0.2) is 24.3 Å². The number of amides is 1. The Balaban J connectivity index is 2.42. The zero-order valence-corrected chi connectivity index (χ0v) is 10.2. The Labute approximate surface area is 97.3 Å². The predicted octanol–water partition coefficient (Wildman–Crippen LogP) is 2.93. The summed E-state index contributed by atoms with van der Waals surface area (Å²) < 4.78 is 0. The third-order valence-electron chi connectivity index (χ3n) is 3.71. The molecular formula is C14H19NO. The third-order valence-corrected chi connectivity index (χ3v) is 3.71. The van der Waals surface area contributed by atoms with E-state index in [0.29, 0.717) is 12.0 Å². The normalized spacial score (nSPS) is 24.1. The maximum atomic E-state index is 11.6. The summed E-state index contributed by atoms with van der Waals surface area (Å²) in [6.45, 7) is 6.79. The van der Waals surface area contributed by atoms with E-state index in [-0.39, 0.29) is 5.91 Å². The molecule has 0 N–H and O–H groups in total. The van der Waals surface area contributed by atoms with Gasteiger partial charge in [-0.25, -0.2) is 0 Å². The van der Waals surface area contributed by atoms with Crippen molar-refractivity contribution in [1.29, 1.82) is 0 Å². The quantitative estimate of drug-likeness (QED) is 0.708. The summed E-state index contributed by atoms with van der Waals surface area (Å²) in [6.07, 6.45) is 1.09. The molecule has 86 valence electrons. The van der Waals surface area contributed by atoms with Crippen molar-refractivity contribution in [2.24, 2.45) is 0 Å². The van der Waals surface area contributed by atoms with E-state index in [2.05, 4.69) is 38.1 Å². The summed E-state index contributed by atoms with van der Waals surface area (Å²) in [7, 11) is 0. The molecule has 1 aromatic rings. The molecule has 0 spiro atoms. The zero-order chi connectivity index (χ0) is 11.7. The molecule has 2 atom stereocenters. The topological polar surface area (TPSA) is 20.3 Å². The largest absolute Gasteiger partial charge is 0.335 e. The predicted molar refractivity (Wildman–Crippen MR) is 65.2 cm³/mol. The molecule has 0 fully saturated rings. The molecule has 0 saturated carbocycles. The van der Waals surface area contributed by atoms with Gasteiger partial charge in [0.25, 0.3) is 0 Å². The summed E-state index contributed by atoms with van der Waals surface area (Å²) in [5, 5.41) is 0. The van der Waals surface area contributed by atoms with Crippen molar-refractivity contribution < 1.29 is 4.79 Å². The highest BCUT2D eigenvalue weighted by Gasteiger charge is 2.31. The number of nitrogens with zero attached hydrogens (tertiary/aromatic N) is 1. The van der Waals surface area contributed by atoms with E-state index in [1.54, 1.807) is 6.92 Å². The minimum absolute atomic E-state index is 0.181. The Hall–Kier alpha value is -1.31. The summed E-state index contributed by atoms with van der Waals surface area (Å²) in [6, 6.07) is 8.81. The maximum Gasteiger partial charge on any atom is 0.220 e. The van der Waals surface area contributed by atoms with Crippen LogP contribution < -0.4 is 0 Å². The lowest BCUT2D eigenvalue weighted by Crippen LogP contribution is -2.43. The van der Waals surface area contributed by atoms with Crippen molar-refractivity contribution >= 4 is 5.91 Å². The fraction of sp³-hybridized carbons (Fsp3) is 0.500. The molecule has 0 saturated heterocycles. The van der Waals surface area contributed by atoms with Crippen LogP contribution in [0.1, 0.15) is 44.2 Å². The second kappa shape index (κ2) is 4.28. The minimum atomic E-state index is 0.181. The minimum Gasteiger partial charge on any atom is -0.335 e. The molecule has 0 radical (unpaired) electrons. The first kappa shape index (κ1) is 11.2. The molecular weight excluding hydrogens is 198 g/mol. The fourth-order valence-electron chi connectivity index (χ4n) is 2.80. The first-order valence-corrected chi connectivity index (χ1v) is 6.00. The lowest BCUT2D eigenvalue weighted by Gasteiger charge is -2.40. The van der Waals surface area contributed by atoms with Gasteiger partial charge in [0, 0.05) is 25.4 Å².